The summed E-state index contributed by atoms with van der Waals surface area (Å²) in [6, 6.07) is 5.93. The Balaban J connectivity index is 1.79. The van der Waals surface area contributed by atoms with Gasteiger partial charge in [-0.2, -0.15) is 0 Å². The van der Waals surface area contributed by atoms with Gasteiger partial charge in [0.15, 0.2) is 0 Å². The van der Waals surface area contributed by atoms with Gasteiger partial charge in [-0.3, -0.25) is 9.88 Å². The Morgan fingerprint density at radius 1 is 1.37 bits per heavy atom. The van der Waals surface area contributed by atoms with Crippen molar-refractivity contribution in [2.24, 2.45) is 0 Å². The predicted octanol–water partition coefficient (Wildman–Crippen LogP) is 2.41. The van der Waals surface area contributed by atoms with Gasteiger partial charge in [0, 0.05) is 36.4 Å². The summed E-state index contributed by atoms with van der Waals surface area (Å²) in [4.78, 5) is 11.2. The number of aryl methyl sites for hydroxylation is 1. The van der Waals surface area contributed by atoms with Gasteiger partial charge in [0.25, 0.3) is 0 Å². The second kappa shape index (κ2) is 5.13. The SMILES string of the molecule is CCN1CCC(Oc2ccc3c(C)nccc3n2)C1. The summed E-state index contributed by atoms with van der Waals surface area (Å²) < 4.78 is 5.98. The van der Waals surface area contributed by atoms with Crippen LogP contribution in [0.5, 0.6) is 5.88 Å². The van der Waals surface area contributed by atoms with Crippen molar-refractivity contribution in [1.29, 1.82) is 0 Å². The first-order chi connectivity index (χ1) is 9.26. The third kappa shape index (κ3) is 2.54. The summed E-state index contributed by atoms with van der Waals surface area (Å²) in [7, 11) is 0. The monoisotopic (exact) mass is 257 g/mol. The number of pyridine rings is 2. The van der Waals surface area contributed by atoms with Crippen LogP contribution in [0.2, 0.25) is 0 Å². The molecule has 0 saturated carbocycles. The van der Waals surface area contributed by atoms with Crippen molar-refractivity contribution in [3.63, 3.8) is 0 Å². The molecule has 1 unspecified atom stereocenters. The molecule has 0 N–H and O–H groups in total. The van der Waals surface area contributed by atoms with E-state index in [1.807, 2.05) is 25.1 Å². The number of fused-ring (bicyclic) bond motifs is 1. The van der Waals surface area contributed by atoms with Crippen LogP contribution in [0.4, 0.5) is 0 Å². The molecular weight excluding hydrogens is 238 g/mol. The van der Waals surface area contributed by atoms with Gasteiger partial charge < -0.3 is 4.74 Å². The van der Waals surface area contributed by atoms with Gasteiger partial charge >= 0.3 is 0 Å². The second-order valence-electron chi connectivity index (χ2n) is 5.03. The zero-order valence-corrected chi connectivity index (χ0v) is 11.5. The van der Waals surface area contributed by atoms with E-state index in [2.05, 4.69) is 21.8 Å². The van der Waals surface area contributed by atoms with Gasteiger partial charge in [-0.25, -0.2) is 4.98 Å². The fourth-order valence-corrected chi connectivity index (χ4v) is 2.60. The van der Waals surface area contributed by atoms with Crippen molar-refractivity contribution in [3.8, 4) is 5.88 Å². The van der Waals surface area contributed by atoms with Gasteiger partial charge in [-0.05, 0) is 32.0 Å². The maximum Gasteiger partial charge on any atom is 0.214 e. The third-order valence-corrected chi connectivity index (χ3v) is 3.75. The molecule has 0 radical (unpaired) electrons. The lowest BCUT2D eigenvalue weighted by Gasteiger charge is -2.14. The van der Waals surface area contributed by atoms with E-state index in [1.165, 1.54) is 0 Å². The molecule has 19 heavy (non-hydrogen) atoms. The molecule has 4 nitrogen and oxygen atoms in total. The lowest BCUT2D eigenvalue weighted by atomic mass is 10.2. The van der Waals surface area contributed by atoms with Crippen molar-refractivity contribution in [2.75, 3.05) is 19.6 Å². The number of ether oxygens (including phenoxy) is 1. The number of hydrogen-bond acceptors (Lipinski definition) is 4. The van der Waals surface area contributed by atoms with E-state index in [9.17, 15) is 0 Å². The molecule has 1 saturated heterocycles. The highest BCUT2D eigenvalue weighted by Crippen LogP contribution is 2.21. The van der Waals surface area contributed by atoms with Crippen LogP contribution in [0.3, 0.4) is 0 Å². The van der Waals surface area contributed by atoms with Crippen LogP contribution in [0, 0.1) is 6.92 Å². The fraction of sp³-hybridized carbons (Fsp3) is 0.467. The highest BCUT2D eigenvalue weighted by atomic mass is 16.5. The molecule has 0 bridgehead atoms. The summed E-state index contributed by atoms with van der Waals surface area (Å²) in [6.07, 6.45) is 3.15. The van der Waals surface area contributed by atoms with E-state index < -0.39 is 0 Å². The first-order valence-corrected chi connectivity index (χ1v) is 6.87. The summed E-state index contributed by atoms with van der Waals surface area (Å²) >= 11 is 0. The number of nitrogens with zero attached hydrogens (tertiary/aromatic N) is 3. The standard InChI is InChI=1S/C15H19N3O/c1-3-18-9-7-12(10-18)19-15-5-4-13-11(2)16-8-6-14(13)17-15/h4-6,8,12H,3,7,9-10H2,1-2H3. The van der Waals surface area contributed by atoms with Crippen LogP contribution in [0.25, 0.3) is 10.9 Å². The summed E-state index contributed by atoms with van der Waals surface area (Å²) in [5, 5.41) is 1.09. The molecule has 4 heteroatoms. The number of hydrogen-bond donors (Lipinski definition) is 0. The molecule has 1 aliphatic heterocycles. The van der Waals surface area contributed by atoms with Crippen LogP contribution in [0.1, 0.15) is 19.0 Å². The molecule has 1 fully saturated rings. The van der Waals surface area contributed by atoms with Gasteiger partial charge in [0.2, 0.25) is 5.88 Å². The maximum absolute atomic E-state index is 5.98. The summed E-state index contributed by atoms with van der Waals surface area (Å²) in [5.41, 5.74) is 1.96. The highest BCUT2D eigenvalue weighted by molar-refractivity contribution is 5.80. The molecule has 2 aromatic rings. The lowest BCUT2D eigenvalue weighted by molar-refractivity contribution is 0.195. The molecular formula is C15H19N3O. The Kier molecular flexibility index (Phi) is 3.34. The number of aromatic nitrogens is 2. The van der Waals surface area contributed by atoms with Gasteiger partial charge in [0.05, 0.1) is 5.52 Å². The van der Waals surface area contributed by atoms with E-state index in [1.54, 1.807) is 6.20 Å². The number of likely N-dealkylation sites (tertiary alicyclic amines) is 1. The molecule has 1 atom stereocenters. The zero-order chi connectivity index (χ0) is 13.2. The van der Waals surface area contributed by atoms with Crippen LogP contribution in [-0.2, 0) is 0 Å². The summed E-state index contributed by atoms with van der Waals surface area (Å²) in [6.45, 7) is 7.41. The van der Waals surface area contributed by atoms with Crippen LogP contribution in [-0.4, -0.2) is 40.6 Å². The third-order valence-electron chi connectivity index (χ3n) is 3.75. The topological polar surface area (TPSA) is 38.2 Å². The lowest BCUT2D eigenvalue weighted by Crippen LogP contribution is -2.24. The Bertz CT molecular complexity index is 585. The minimum absolute atomic E-state index is 0.271. The van der Waals surface area contributed by atoms with Crippen LogP contribution >= 0.6 is 0 Å². The molecule has 2 aromatic heterocycles. The average molecular weight is 257 g/mol. The molecule has 3 rings (SSSR count). The Labute approximate surface area is 113 Å². The first-order valence-electron chi connectivity index (χ1n) is 6.87. The Hall–Kier alpha value is -1.68. The Morgan fingerprint density at radius 3 is 3.05 bits per heavy atom. The van der Waals surface area contributed by atoms with E-state index in [0.29, 0.717) is 0 Å². The maximum atomic E-state index is 5.98. The quantitative estimate of drug-likeness (QED) is 0.846. The van der Waals surface area contributed by atoms with Gasteiger partial charge in [0.1, 0.15) is 6.10 Å². The number of rotatable bonds is 3. The number of likely N-dealkylation sites (N-methyl/N-ethyl adjacent to an activating group) is 1. The largest absolute Gasteiger partial charge is 0.473 e. The smallest absolute Gasteiger partial charge is 0.214 e. The fourth-order valence-electron chi connectivity index (χ4n) is 2.60. The van der Waals surface area contributed by atoms with E-state index in [4.69, 9.17) is 4.74 Å². The van der Waals surface area contributed by atoms with Crippen molar-refractivity contribution in [1.82, 2.24) is 14.9 Å². The minimum Gasteiger partial charge on any atom is -0.473 e. The van der Waals surface area contributed by atoms with Gasteiger partial charge in [-0.1, -0.05) is 6.92 Å². The van der Waals surface area contributed by atoms with E-state index in [-0.39, 0.29) is 6.10 Å². The van der Waals surface area contributed by atoms with Crippen LogP contribution in [0.15, 0.2) is 24.4 Å². The average Bonchev–Trinajstić information content (AvgIpc) is 2.86. The first kappa shape index (κ1) is 12.4. The molecule has 0 amide bonds. The van der Waals surface area contributed by atoms with Crippen molar-refractivity contribution < 1.29 is 4.74 Å². The molecule has 1 aliphatic rings. The van der Waals surface area contributed by atoms with Crippen LogP contribution < -0.4 is 4.74 Å². The normalized spacial score (nSPS) is 20.0. The minimum atomic E-state index is 0.271. The second-order valence-corrected chi connectivity index (χ2v) is 5.03. The molecule has 100 valence electrons. The zero-order valence-electron chi connectivity index (χ0n) is 11.5. The molecule has 3 heterocycles. The summed E-state index contributed by atoms with van der Waals surface area (Å²) in [5.74, 6) is 0.723. The molecule has 0 aromatic carbocycles. The van der Waals surface area contributed by atoms with Crippen molar-refractivity contribution >= 4 is 10.9 Å². The van der Waals surface area contributed by atoms with Crippen molar-refractivity contribution in [3.05, 3.63) is 30.1 Å². The van der Waals surface area contributed by atoms with E-state index in [0.717, 1.165) is 48.5 Å². The highest BCUT2D eigenvalue weighted by Gasteiger charge is 2.22. The van der Waals surface area contributed by atoms with E-state index >= 15 is 0 Å². The molecule has 0 aliphatic carbocycles. The predicted molar refractivity (Wildman–Crippen MR) is 75.4 cm³/mol. The van der Waals surface area contributed by atoms with Crippen molar-refractivity contribution in [2.45, 2.75) is 26.4 Å². The Morgan fingerprint density at radius 2 is 2.26 bits per heavy atom. The molecule has 0 spiro atoms. The van der Waals surface area contributed by atoms with Gasteiger partial charge in [-0.15, -0.1) is 0 Å².